The third-order valence-corrected chi connectivity index (χ3v) is 5.68. The van der Waals surface area contributed by atoms with E-state index in [4.69, 9.17) is 15.6 Å². The van der Waals surface area contributed by atoms with Crippen LogP contribution in [0.2, 0.25) is 0 Å². The first-order valence-corrected chi connectivity index (χ1v) is 7.71. The van der Waals surface area contributed by atoms with Crippen molar-refractivity contribution in [3.05, 3.63) is 10.8 Å². The van der Waals surface area contributed by atoms with E-state index in [2.05, 4.69) is 24.0 Å². The summed E-state index contributed by atoms with van der Waals surface area (Å²) in [5, 5.41) is 14.2. The Balaban J connectivity index is 2.03. The van der Waals surface area contributed by atoms with E-state index in [-0.39, 0.29) is 11.0 Å². The number of aromatic nitrogens is 4. The molecule has 1 aliphatic heterocycles. The van der Waals surface area contributed by atoms with Crippen molar-refractivity contribution in [2.75, 3.05) is 13.2 Å². The van der Waals surface area contributed by atoms with Crippen LogP contribution in [0, 0.1) is 0 Å². The van der Waals surface area contributed by atoms with Crippen LogP contribution in [-0.2, 0) is 10.2 Å². The molecule has 0 amide bonds. The summed E-state index contributed by atoms with van der Waals surface area (Å²) in [5.74, 6) is 1.21. The molecule has 6 nitrogen and oxygen atoms in total. The Morgan fingerprint density at radius 1 is 1.30 bits per heavy atom. The Kier molecular flexibility index (Phi) is 3.11. The van der Waals surface area contributed by atoms with E-state index in [9.17, 15) is 0 Å². The number of rotatable bonds is 3. The van der Waals surface area contributed by atoms with Gasteiger partial charge in [-0.3, -0.25) is 0 Å². The van der Waals surface area contributed by atoms with Crippen LogP contribution in [-0.4, -0.2) is 38.6 Å². The van der Waals surface area contributed by atoms with Crippen LogP contribution in [0.4, 0.5) is 0 Å². The fourth-order valence-electron chi connectivity index (χ4n) is 2.15. The second-order valence-electron chi connectivity index (χ2n) is 6.57. The number of nitrogens with two attached hydrogens (primary N) is 1. The third-order valence-electron chi connectivity index (χ3n) is 4.46. The molecule has 1 unspecified atom stereocenters. The van der Waals surface area contributed by atoms with Crippen LogP contribution < -0.4 is 5.73 Å². The number of hydrogen-bond donors (Lipinski definition) is 1. The van der Waals surface area contributed by atoms with Crippen molar-refractivity contribution < 1.29 is 4.74 Å². The van der Waals surface area contributed by atoms with Crippen molar-refractivity contribution in [3.8, 4) is 0 Å². The van der Waals surface area contributed by atoms with Gasteiger partial charge in [0.1, 0.15) is 5.01 Å². The maximum atomic E-state index is 6.30. The van der Waals surface area contributed by atoms with Gasteiger partial charge in [-0.15, -0.1) is 10.2 Å². The first kappa shape index (κ1) is 13.9. The molecule has 0 bridgehead atoms. The van der Waals surface area contributed by atoms with Crippen LogP contribution in [0.3, 0.4) is 0 Å². The maximum absolute atomic E-state index is 6.30. The molecule has 0 radical (unpaired) electrons. The minimum Gasteiger partial charge on any atom is -0.381 e. The molecule has 1 fully saturated rings. The third kappa shape index (κ3) is 2.04. The van der Waals surface area contributed by atoms with Gasteiger partial charge in [0.05, 0.1) is 6.61 Å². The summed E-state index contributed by atoms with van der Waals surface area (Å²) in [7, 11) is 0. The Morgan fingerprint density at radius 3 is 2.65 bits per heavy atom. The Bertz CT molecular complexity index is 618. The Labute approximate surface area is 122 Å². The highest BCUT2D eigenvalue weighted by Crippen LogP contribution is 2.36. The second-order valence-corrected chi connectivity index (χ2v) is 7.52. The predicted molar refractivity (Wildman–Crippen MR) is 78.1 cm³/mol. The van der Waals surface area contributed by atoms with Gasteiger partial charge >= 0.3 is 0 Å². The van der Waals surface area contributed by atoms with Crippen molar-refractivity contribution in [1.82, 2.24) is 19.8 Å². The molecular formula is C13H21N5OS. The zero-order chi connectivity index (χ0) is 14.5. The molecule has 2 aromatic heterocycles. The molecule has 0 saturated carbocycles. The molecule has 0 aliphatic carbocycles. The average Bonchev–Trinajstić information content (AvgIpc) is 3.02. The van der Waals surface area contributed by atoms with Gasteiger partial charge in [-0.25, -0.2) is 0 Å². The van der Waals surface area contributed by atoms with E-state index in [1.165, 1.54) is 0 Å². The van der Waals surface area contributed by atoms with Crippen molar-refractivity contribution in [3.63, 3.8) is 0 Å². The molecule has 0 aromatic carbocycles. The standard InChI is InChI=1S/C13H21N5OS/c1-12(2,13(3,4)14)10-17-18-9(8-5-6-19-7-8)15-16-11(18)20-10/h8H,5-7,14H2,1-4H3. The number of nitrogens with zero attached hydrogens (tertiary/aromatic N) is 4. The van der Waals surface area contributed by atoms with Gasteiger partial charge in [0, 0.05) is 23.5 Å². The summed E-state index contributed by atoms with van der Waals surface area (Å²) < 4.78 is 7.30. The average molecular weight is 295 g/mol. The summed E-state index contributed by atoms with van der Waals surface area (Å²) in [5.41, 5.74) is 5.72. The molecule has 3 heterocycles. The van der Waals surface area contributed by atoms with Crippen LogP contribution in [0.25, 0.3) is 4.96 Å². The molecule has 1 atom stereocenters. The van der Waals surface area contributed by atoms with Gasteiger partial charge < -0.3 is 10.5 Å². The second kappa shape index (κ2) is 4.47. The molecule has 2 aromatic rings. The highest BCUT2D eigenvalue weighted by molar-refractivity contribution is 7.16. The molecular weight excluding hydrogens is 274 g/mol. The fourth-order valence-corrected chi connectivity index (χ4v) is 3.27. The van der Waals surface area contributed by atoms with Crippen molar-refractivity contribution >= 4 is 16.3 Å². The Hall–Kier alpha value is -1.05. The molecule has 0 spiro atoms. The normalized spacial score (nSPS) is 20.9. The van der Waals surface area contributed by atoms with Crippen LogP contribution in [0.15, 0.2) is 0 Å². The predicted octanol–water partition coefficient (Wildman–Crippen LogP) is 1.70. The van der Waals surface area contributed by atoms with Gasteiger partial charge in [-0.2, -0.15) is 9.61 Å². The largest absolute Gasteiger partial charge is 0.381 e. The first-order valence-electron chi connectivity index (χ1n) is 6.90. The summed E-state index contributed by atoms with van der Waals surface area (Å²) in [6.45, 7) is 9.80. The van der Waals surface area contributed by atoms with Gasteiger partial charge in [-0.1, -0.05) is 25.2 Å². The highest BCUT2D eigenvalue weighted by atomic mass is 32.1. The monoisotopic (exact) mass is 295 g/mol. The SMILES string of the molecule is CC(C)(N)C(C)(C)c1nn2c(C3CCOC3)nnc2s1. The quantitative estimate of drug-likeness (QED) is 0.932. The number of fused-ring (bicyclic) bond motifs is 1. The zero-order valence-corrected chi connectivity index (χ0v) is 13.2. The summed E-state index contributed by atoms with van der Waals surface area (Å²) >= 11 is 1.57. The molecule has 7 heteroatoms. The maximum Gasteiger partial charge on any atom is 0.234 e. The summed E-state index contributed by atoms with van der Waals surface area (Å²) in [6.07, 6.45) is 0.986. The zero-order valence-electron chi connectivity index (χ0n) is 12.4. The van der Waals surface area contributed by atoms with Crippen molar-refractivity contribution in [2.45, 2.75) is 51.0 Å². The van der Waals surface area contributed by atoms with E-state index in [0.29, 0.717) is 12.5 Å². The van der Waals surface area contributed by atoms with Crippen LogP contribution in [0.1, 0.15) is 50.9 Å². The lowest BCUT2D eigenvalue weighted by Gasteiger charge is -2.36. The molecule has 1 aliphatic rings. The van der Waals surface area contributed by atoms with Crippen molar-refractivity contribution in [1.29, 1.82) is 0 Å². The summed E-state index contributed by atoms with van der Waals surface area (Å²) in [6, 6.07) is 0. The minimum atomic E-state index is -0.354. The van der Waals surface area contributed by atoms with E-state index < -0.39 is 0 Å². The van der Waals surface area contributed by atoms with Gasteiger partial charge in [-0.05, 0) is 20.3 Å². The molecule has 2 N–H and O–H groups in total. The van der Waals surface area contributed by atoms with E-state index in [1.807, 2.05) is 18.4 Å². The lowest BCUT2D eigenvalue weighted by molar-refractivity contribution is 0.193. The van der Waals surface area contributed by atoms with Gasteiger partial charge in [0.25, 0.3) is 0 Å². The first-order chi connectivity index (χ1) is 9.30. The topological polar surface area (TPSA) is 78.3 Å². The lowest BCUT2D eigenvalue weighted by Crippen LogP contribution is -2.50. The van der Waals surface area contributed by atoms with Gasteiger partial charge in [0.15, 0.2) is 5.82 Å². The molecule has 3 rings (SSSR count). The lowest BCUT2D eigenvalue weighted by atomic mass is 9.76. The van der Waals surface area contributed by atoms with Crippen molar-refractivity contribution in [2.24, 2.45) is 5.73 Å². The number of hydrogen-bond acceptors (Lipinski definition) is 6. The van der Waals surface area contributed by atoms with E-state index in [0.717, 1.165) is 28.8 Å². The molecule has 110 valence electrons. The van der Waals surface area contributed by atoms with E-state index >= 15 is 0 Å². The smallest absolute Gasteiger partial charge is 0.234 e. The number of ether oxygens (including phenoxy) is 1. The van der Waals surface area contributed by atoms with Gasteiger partial charge in [0.2, 0.25) is 4.96 Å². The molecule has 20 heavy (non-hydrogen) atoms. The minimum absolute atomic E-state index is 0.220. The Morgan fingerprint density at radius 2 is 2.05 bits per heavy atom. The van der Waals surface area contributed by atoms with E-state index in [1.54, 1.807) is 11.3 Å². The van der Waals surface area contributed by atoms with Crippen LogP contribution >= 0.6 is 11.3 Å². The highest BCUT2D eigenvalue weighted by Gasteiger charge is 2.39. The van der Waals surface area contributed by atoms with Crippen LogP contribution in [0.5, 0.6) is 0 Å². The molecule has 1 saturated heterocycles. The fraction of sp³-hybridized carbons (Fsp3) is 0.769. The summed E-state index contributed by atoms with van der Waals surface area (Å²) in [4.78, 5) is 0.833.